The number of methoxy groups -OCH3 is 1. The second kappa shape index (κ2) is 4.65. The highest BCUT2D eigenvalue weighted by Crippen LogP contribution is 2.57. The molecule has 0 radical (unpaired) electrons. The largest absolute Gasteiger partial charge is 0.632 e. The molecule has 1 N–H and O–H groups in total. The van der Waals surface area contributed by atoms with Crippen LogP contribution >= 0.6 is 0 Å². The van der Waals surface area contributed by atoms with Crippen LogP contribution in [-0.2, 0) is 11.2 Å². The molecular weight excluding hydrogens is 310 g/mol. The number of benzene rings is 1. The molecule has 24 heavy (non-hydrogen) atoms. The first-order chi connectivity index (χ1) is 11.6. The molecule has 6 nitrogen and oxygen atoms in total. The lowest BCUT2D eigenvalue weighted by Gasteiger charge is -2.52. The van der Waals surface area contributed by atoms with Crippen molar-refractivity contribution in [1.29, 1.82) is 0 Å². The first-order valence-electron chi connectivity index (χ1n) is 8.53. The van der Waals surface area contributed by atoms with Crippen molar-refractivity contribution in [3.63, 3.8) is 0 Å². The Labute approximate surface area is 140 Å². The first kappa shape index (κ1) is 14.6. The van der Waals surface area contributed by atoms with Crippen LogP contribution in [0.2, 0.25) is 0 Å². The number of ether oxygens (including phenoxy) is 3. The molecule has 1 unspecified atom stereocenters. The van der Waals surface area contributed by atoms with Crippen molar-refractivity contribution in [1.82, 2.24) is 0 Å². The smallest absolute Gasteiger partial charge is 0.231 e. The third-order valence-electron chi connectivity index (χ3n) is 6.34. The molecule has 1 aliphatic carbocycles. The summed E-state index contributed by atoms with van der Waals surface area (Å²) < 4.78 is 16.2. The second-order valence-corrected chi connectivity index (χ2v) is 7.26. The third kappa shape index (κ3) is 1.61. The van der Waals surface area contributed by atoms with Crippen LogP contribution in [0.15, 0.2) is 24.0 Å². The molecule has 4 aliphatic rings. The quantitative estimate of drug-likeness (QED) is 0.628. The molecule has 128 valence electrons. The molecule has 1 fully saturated rings. The van der Waals surface area contributed by atoms with Crippen LogP contribution in [0.25, 0.3) is 0 Å². The summed E-state index contributed by atoms with van der Waals surface area (Å²) in [6, 6.07) is 3.95. The number of aliphatic hydroxyl groups is 1. The Kier molecular flexibility index (Phi) is 2.83. The lowest BCUT2D eigenvalue weighted by atomic mass is 9.77. The summed E-state index contributed by atoms with van der Waals surface area (Å²) in [6.45, 7) is 1.33. The van der Waals surface area contributed by atoms with Gasteiger partial charge in [-0.15, -0.1) is 0 Å². The van der Waals surface area contributed by atoms with E-state index in [1.165, 1.54) is 0 Å². The maximum absolute atomic E-state index is 13.7. The van der Waals surface area contributed by atoms with Gasteiger partial charge in [0, 0.05) is 25.3 Å². The van der Waals surface area contributed by atoms with E-state index in [0.29, 0.717) is 31.0 Å². The van der Waals surface area contributed by atoms with Crippen LogP contribution in [0.3, 0.4) is 0 Å². The van der Waals surface area contributed by atoms with E-state index in [-0.39, 0.29) is 17.4 Å². The van der Waals surface area contributed by atoms with E-state index in [1.807, 2.05) is 18.2 Å². The van der Waals surface area contributed by atoms with Crippen LogP contribution in [0.5, 0.6) is 11.5 Å². The zero-order valence-corrected chi connectivity index (χ0v) is 13.7. The summed E-state index contributed by atoms with van der Waals surface area (Å²) in [4.78, 5) is 0. The number of quaternary nitrogens is 1. The molecule has 0 aromatic heterocycles. The van der Waals surface area contributed by atoms with Gasteiger partial charge in [0.1, 0.15) is 17.4 Å². The summed E-state index contributed by atoms with van der Waals surface area (Å²) >= 11 is 0. The van der Waals surface area contributed by atoms with E-state index >= 15 is 0 Å². The fraction of sp³-hybridized carbons (Fsp3) is 0.556. The van der Waals surface area contributed by atoms with Crippen molar-refractivity contribution in [2.75, 3.05) is 27.0 Å². The van der Waals surface area contributed by atoms with E-state index in [1.54, 1.807) is 7.11 Å². The lowest BCUT2D eigenvalue weighted by Crippen LogP contribution is -2.58. The monoisotopic (exact) mass is 331 g/mol. The maximum Gasteiger partial charge on any atom is 0.231 e. The first-order valence-corrected chi connectivity index (χ1v) is 8.53. The van der Waals surface area contributed by atoms with Gasteiger partial charge in [0.15, 0.2) is 11.5 Å². The van der Waals surface area contributed by atoms with Crippen LogP contribution in [0.1, 0.15) is 29.9 Å². The predicted octanol–water partition coefficient (Wildman–Crippen LogP) is 1.81. The highest BCUT2D eigenvalue weighted by atomic mass is 16.7. The zero-order valence-electron chi connectivity index (χ0n) is 13.7. The van der Waals surface area contributed by atoms with E-state index in [2.05, 4.69) is 0 Å². The Morgan fingerprint density at radius 3 is 2.88 bits per heavy atom. The Balaban J connectivity index is 1.74. The van der Waals surface area contributed by atoms with Gasteiger partial charge in [0.25, 0.3) is 0 Å². The molecule has 3 heterocycles. The minimum Gasteiger partial charge on any atom is -0.632 e. The van der Waals surface area contributed by atoms with E-state index < -0.39 is 11.6 Å². The van der Waals surface area contributed by atoms with Gasteiger partial charge in [0.2, 0.25) is 6.79 Å². The molecular formula is C18H21NO5. The van der Waals surface area contributed by atoms with Crippen LogP contribution in [0, 0.1) is 5.21 Å². The van der Waals surface area contributed by atoms with Gasteiger partial charge in [-0.1, -0.05) is 0 Å². The van der Waals surface area contributed by atoms with Crippen LogP contribution in [-0.4, -0.2) is 48.4 Å². The Hall–Kier alpha value is -1.76. The van der Waals surface area contributed by atoms with Crippen molar-refractivity contribution in [2.45, 2.75) is 36.8 Å². The molecule has 0 bridgehead atoms. The molecule has 1 spiro atoms. The summed E-state index contributed by atoms with van der Waals surface area (Å²) in [5, 5.41) is 24.6. The van der Waals surface area contributed by atoms with E-state index in [4.69, 9.17) is 14.2 Å². The Morgan fingerprint density at radius 1 is 1.29 bits per heavy atom. The van der Waals surface area contributed by atoms with Crippen molar-refractivity contribution in [3.05, 3.63) is 40.3 Å². The number of hydrogen-bond acceptors (Lipinski definition) is 5. The lowest BCUT2D eigenvalue weighted by molar-refractivity contribution is -0.912. The van der Waals surface area contributed by atoms with Gasteiger partial charge in [-0.05, 0) is 23.3 Å². The summed E-state index contributed by atoms with van der Waals surface area (Å²) in [5.74, 6) is 1.66. The second-order valence-electron chi connectivity index (χ2n) is 7.26. The topological polar surface area (TPSA) is 71.0 Å². The average molecular weight is 331 g/mol. The zero-order chi connectivity index (χ0) is 16.5. The summed E-state index contributed by atoms with van der Waals surface area (Å²) in [7, 11) is 1.56. The maximum atomic E-state index is 13.7. The Morgan fingerprint density at radius 2 is 2.08 bits per heavy atom. The molecule has 0 saturated carbocycles. The van der Waals surface area contributed by atoms with Gasteiger partial charge in [-0.3, -0.25) is 0 Å². The SMILES string of the molecule is COC1=C[C@@]23CCC[N+]2([O-])CCc2cc4c(cc2[C@@H]3[C@@H]1O)OCO4. The minimum atomic E-state index is -0.795. The van der Waals surface area contributed by atoms with Crippen molar-refractivity contribution in [3.8, 4) is 11.5 Å². The molecule has 3 aliphatic heterocycles. The van der Waals surface area contributed by atoms with Gasteiger partial charge in [0.05, 0.1) is 26.1 Å². The molecule has 0 amide bonds. The van der Waals surface area contributed by atoms with Gasteiger partial charge < -0.3 is 29.2 Å². The molecule has 1 saturated heterocycles. The van der Waals surface area contributed by atoms with Crippen molar-refractivity contribution >= 4 is 0 Å². The Bertz CT molecular complexity index is 747. The number of fused-ring (bicyclic) bond motifs is 3. The number of aliphatic hydroxyl groups excluding tert-OH is 1. The van der Waals surface area contributed by atoms with Crippen molar-refractivity contribution in [2.24, 2.45) is 0 Å². The van der Waals surface area contributed by atoms with Crippen LogP contribution < -0.4 is 9.47 Å². The van der Waals surface area contributed by atoms with E-state index in [9.17, 15) is 10.3 Å². The normalized spacial score (nSPS) is 38.9. The van der Waals surface area contributed by atoms with Crippen molar-refractivity contribution < 1.29 is 24.0 Å². The molecule has 1 aromatic rings. The van der Waals surface area contributed by atoms with Gasteiger partial charge >= 0.3 is 0 Å². The van der Waals surface area contributed by atoms with Gasteiger partial charge in [-0.25, -0.2) is 0 Å². The average Bonchev–Trinajstić information content (AvgIpc) is 3.21. The summed E-state index contributed by atoms with van der Waals surface area (Å²) in [5.41, 5.74) is 1.45. The minimum absolute atomic E-state index is 0.222. The molecule has 5 rings (SSSR count). The molecule has 4 atom stereocenters. The fourth-order valence-corrected chi connectivity index (χ4v) is 5.23. The van der Waals surface area contributed by atoms with E-state index in [0.717, 1.165) is 29.7 Å². The fourth-order valence-electron chi connectivity index (χ4n) is 5.23. The molecule has 6 heteroatoms. The number of hydroxylamine groups is 3. The highest BCUT2D eigenvalue weighted by Gasteiger charge is 2.62. The number of hydrogen-bond donors (Lipinski definition) is 1. The number of nitrogens with zero attached hydrogens (tertiary/aromatic N) is 1. The highest BCUT2D eigenvalue weighted by molar-refractivity contribution is 5.53. The summed E-state index contributed by atoms with van der Waals surface area (Å²) in [6.07, 6.45) is 3.47. The van der Waals surface area contributed by atoms with Crippen LogP contribution in [0.4, 0.5) is 0 Å². The standard InChI is InChI=1S/C18H21NO5/c1-22-15-9-18-4-2-5-19(18,21)6-3-11-7-13-14(24-10-23-13)8-12(11)16(18)17(15)20/h7-9,16-17,20H,2-6,10H2,1H3/t16-,17-,18-,19?/m1/s1. The number of rotatable bonds is 1. The predicted molar refractivity (Wildman–Crippen MR) is 85.4 cm³/mol. The third-order valence-corrected chi connectivity index (χ3v) is 6.34. The van der Waals surface area contributed by atoms with Gasteiger partial charge in [-0.2, -0.15) is 0 Å². The molecule has 1 aromatic carbocycles.